The molecular formula is C15H16N4O2S. The first-order chi connectivity index (χ1) is 10.6. The number of rotatable bonds is 5. The van der Waals surface area contributed by atoms with E-state index in [2.05, 4.69) is 10.2 Å². The van der Waals surface area contributed by atoms with Gasteiger partial charge in [0.1, 0.15) is 5.78 Å². The third-order valence-corrected chi connectivity index (χ3v) is 4.40. The van der Waals surface area contributed by atoms with Gasteiger partial charge in [-0.3, -0.25) is 18.6 Å². The Balaban J connectivity index is 2.33. The van der Waals surface area contributed by atoms with Crippen molar-refractivity contribution in [2.24, 2.45) is 0 Å². The lowest BCUT2D eigenvalue weighted by molar-refractivity contribution is -0.114. The minimum absolute atomic E-state index is 0.0551. The van der Waals surface area contributed by atoms with E-state index in [1.165, 1.54) is 11.8 Å². The monoisotopic (exact) mass is 316 g/mol. The summed E-state index contributed by atoms with van der Waals surface area (Å²) < 4.78 is 3.51. The molecular weight excluding hydrogens is 300 g/mol. The molecule has 2 aromatic heterocycles. The molecule has 114 valence electrons. The molecule has 0 saturated heterocycles. The van der Waals surface area contributed by atoms with Crippen LogP contribution in [-0.4, -0.2) is 30.7 Å². The summed E-state index contributed by atoms with van der Waals surface area (Å²) in [5, 5.41) is 9.60. The van der Waals surface area contributed by atoms with Crippen molar-refractivity contribution in [1.82, 2.24) is 19.2 Å². The number of hydrogen-bond donors (Lipinski definition) is 0. The minimum atomic E-state index is -0.0551. The van der Waals surface area contributed by atoms with Crippen molar-refractivity contribution in [3.8, 4) is 0 Å². The number of para-hydroxylation sites is 1. The molecule has 1 aromatic carbocycles. The molecule has 0 aliphatic carbocycles. The van der Waals surface area contributed by atoms with Crippen LogP contribution in [0.2, 0.25) is 0 Å². The van der Waals surface area contributed by atoms with Crippen LogP contribution in [0.1, 0.15) is 20.3 Å². The van der Waals surface area contributed by atoms with Crippen LogP contribution in [0.25, 0.3) is 16.7 Å². The zero-order valence-electron chi connectivity index (χ0n) is 12.4. The summed E-state index contributed by atoms with van der Waals surface area (Å²) in [6.45, 7) is 4.14. The van der Waals surface area contributed by atoms with Gasteiger partial charge in [-0.1, -0.05) is 30.8 Å². The van der Waals surface area contributed by atoms with E-state index in [0.29, 0.717) is 28.6 Å². The zero-order valence-corrected chi connectivity index (χ0v) is 13.3. The number of carbonyl (C=O) groups excluding carboxylic acids is 1. The standard InChI is InChI=1S/C15H16N4O2S/c1-3-8-18-13(21)11-6-4-5-7-12(11)19-14(18)16-17-15(19)22-9-10(2)20/h4-7H,3,8-9H2,1-2H3. The van der Waals surface area contributed by atoms with E-state index in [1.807, 2.05) is 35.6 Å². The van der Waals surface area contributed by atoms with Crippen molar-refractivity contribution in [1.29, 1.82) is 0 Å². The van der Waals surface area contributed by atoms with Gasteiger partial charge in [0.05, 0.1) is 16.7 Å². The van der Waals surface area contributed by atoms with Gasteiger partial charge in [0.25, 0.3) is 5.56 Å². The molecule has 0 atom stereocenters. The van der Waals surface area contributed by atoms with E-state index >= 15 is 0 Å². The first kappa shape index (κ1) is 14.8. The van der Waals surface area contributed by atoms with E-state index in [0.717, 1.165) is 11.9 Å². The normalized spacial score (nSPS) is 11.4. The fourth-order valence-corrected chi connectivity index (χ4v) is 3.16. The Bertz CT molecular complexity index is 913. The number of benzene rings is 1. The summed E-state index contributed by atoms with van der Waals surface area (Å²) in [7, 11) is 0. The second-order valence-electron chi connectivity index (χ2n) is 5.08. The van der Waals surface area contributed by atoms with Crippen LogP contribution in [-0.2, 0) is 11.3 Å². The Morgan fingerprint density at radius 3 is 2.77 bits per heavy atom. The minimum Gasteiger partial charge on any atom is -0.299 e. The lowest BCUT2D eigenvalue weighted by atomic mass is 10.2. The van der Waals surface area contributed by atoms with Gasteiger partial charge >= 0.3 is 0 Å². The van der Waals surface area contributed by atoms with E-state index in [4.69, 9.17) is 0 Å². The third-order valence-electron chi connectivity index (χ3n) is 3.33. The van der Waals surface area contributed by atoms with E-state index < -0.39 is 0 Å². The Labute approximate surface area is 131 Å². The smallest absolute Gasteiger partial charge is 0.262 e. The van der Waals surface area contributed by atoms with Gasteiger partial charge in [0.2, 0.25) is 5.78 Å². The molecule has 2 heterocycles. The molecule has 3 aromatic rings. The van der Waals surface area contributed by atoms with Gasteiger partial charge in [-0.2, -0.15) is 0 Å². The van der Waals surface area contributed by atoms with E-state index in [9.17, 15) is 9.59 Å². The van der Waals surface area contributed by atoms with E-state index in [-0.39, 0.29) is 11.3 Å². The number of thioether (sulfide) groups is 1. The maximum Gasteiger partial charge on any atom is 0.262 e. The van der Waals surface area contributed by atoms with E-state index in [1.54, 1.807) is 11.5 Å². The molecule has 7 heteroatoms. The van der Waals surface area contributed by atoms with Crippen LogP contribution in [0.5, 0.6) is 0 Å². The summed E-state index contributed by atoms with van der Waals surface area (Å²) in [4.78, 5) is 23.9. The number of aryl methyl sites for hydroxylation is 1. The van der Waals surface area contributed by atoms with Gasteiger partial charge < -0.3 is 0 Å². The molecule has 0 aliphatic rings. The SMILES string of the molecule is CCCn1c(=O)c2ccccc2n2c(SCC(C)=O)nnc12. The molecule has 22 heavy (non-hydrogen) atoms. The molecule has 0 aliphatic heterocycles. The number of Topliss-reactive ketones (excluding diaryl/α,β-unsaturated/α-hetero) is 1. The van der Waals surface area contributed by atoms with Crippen LogP contribution in [0, 0.1) is 0 Å². The highest BCUT2D eigenvalue weighted by Crippen LogP contribution is 2.21. The fraction of sp³-hybridized carbons (Fsp3) is 0.333. The second-order valence-corrected chi connectivity index (χ2v) is 6.03. The lowest BCUT2D eigenvalue weighted by Gasteiger charge is -2.10. The van der Waals surface area contributed by atoms with Gasteiger partial charge in [0, 0.05) is 6.54 Å². The summed E-state index contributed by atoms with van der Waals surface area (Å²) in [5.41, 5.74) is 0.714. The molecule has 6 nitrogen and oxygen atoms in total. The Hall–Kier alpha value is -2.15. The molecule has 0 N–H and O–H groups in total. The summed E-state index contributed by atoms with van der Waals surface area (Å²) >= 11 is 1.34. The topological polar surface area (TPSA) is 69.3 Å². The maximum absolute atomic E-state index is 12.6. The molecule has 0 amide bonds. The van der Waals surface area contributed by atoms with Gasteiger partial charge in [-0.15, -0.1) is 10.2 Å². The number of hydrogen-bond acceptors (Lipinski definition) is 5. The Morgan fingerprint density at radius 2 is 2.05 bits per heavy atom. The number of nitrogens with zero attached hydrogens (tertiary/aromatic N) is 4. The molecule has 0 saturated carbocycles. The quantitative estimate of drug-likeness (QED) is 0.675. The van der Waals surface area contributed by atoms with Gasteiger partial charge in [-0.05, 0) is 25.5 Å². The van der Waals surface area contributed by atoms with Crippen LogP contribution >= 0.6 is 11.8 Å². The molecule has 0 unspecified atom stereocenters. The van der Waals surface area contributed by atoms with Crippen LogP contribution in [0.3, 0.4) is 0 Å². The van der Waals surface area contributed by atoms with Crippen molar-refractivity contribution in [2.75, 3.05) is 5.75 Å². The summed E-state index contributed by atoms with van der Waals surface area (Å²) in [6.07, 6.45) is 0.830. The van der Waals surface area contributed by atoms with Crippen LogP contribution in [0.4, 0.5) is 0 Å². The first-order valence-electron chi connectivity index (χ1n) is 7.12. The lowest BCUT2D eigenvalue weighted by Crippen LogP contribution is -2.23. The largest absolute Gasteiger partial charge is 0.299 e. The number of carbonyl (C=O) groups is 1. The predicted molar refractivity (Wildman–Crippen MR) is 86.4 cm³/mol. The maximum atomic E-state index is 12.6. The average molecular weight is 316 g/mol. The van der Waals surface area contributed by atoms with Crippen molar-refractivity contribution < 1.29 is 4.79 Å². The van der Waals surface area contributed by atoms with Crippen molar-refractivity contribution in [3.05, 3.63) is 34.6 Å². The molecule has 3 rings (SSSR count). The van der Waals surface area contributed by atoms with Crippen molar-refractivity contribution >= 4 is 34.2 Å². The molecule has 0 spiro atoms. The zero-order chi connectivity index (χ0) is 15.7. The van der Waals surface area contributed by atoms with Crippen LogP contribution in [0.15, 0.2) is 34.2 Å². The average Bonchev–Trinajstić information content (AvgIpc) is 2.93. The molecule has 0 fully saturated rings. The van der Waals surface area contributed by atoms with Gasteiger partial charge in [-0.25, -0.2) is 0 Å². The molecule has 0 bridgehead atoms. The van der Waals surface area contributed by atoms with Crippen molar-refractivity contribution in [2.45, 2.75) is 32.0 Å². The van der Waals surface area contributed by atoms with Gasteiger partial charge in [0.15, 0.2) is 5.16 Å². The Morgan fingerprint density at radius 1 is 1.27 bits per heavy atom. The molecule has 0 radical (unpaired) electrons. The first-order valence-corrected chi connectivity index (χ1v) is 8.11. The number of ketones is 1. The summed E-state index contributed by atoms with van der Waals surface area (Å²) in [5.74, 6) is 0.937. The number of aromatic nitrogens is 4. The second kappa shape index (κ2) is 5.92. The highest BCUT2D eigenvalue weighted by atomic mass is 32.2. The predicted octanol–water partition coefficient (Wildman–Crippen LogP) is 2.14. The third kappa shape index (κ3) is 2.41. The Kier molecular flexibility index (Phi) is 3.98. The highest BCUT2D eigenvalue weighted by Gasteiger charge is 2.16. The highest BCUT2D eigenvalue weighted by molar-refractivity contribution is 7.99. The van der Waals surface area contributed by atoms with Crippen LogP contribution < -0.4 is 5.56 Å². The fourth-order valence-electron chi connectivity index (χ4n) is 2.42. The van der Waals surface area contributed by atoms with Crippen molar-refractivity contribution in [3.63, 3.8) is 0 Å². The number of fused-ring (bicyclic) bond motifs is 3. The summed E-state index contributed by atoms with van der Waals surface area (Å²) in [6, 6.07) is 7.41.